The van der Waals surface area contributed by atoms with Gasteiger partial charge >= 0.3 is 0 Å². The largest absolute Gasteiger partial charge is 0.326 e. The molecule has 1 N–H and O–H groups in total. The Morgan fingerprint density at radius 2 is 1.38 bits per heavy atom. The topological polar surface area (TPSA) is 89.3 Å². The average molecular weight is 505 g/mol. The fraction of sp³-hybridized carbons (Fsp3) is 0.484. The van der Waals surface area contributed by atoms with Crippen molar-refractivity contribution in [2.45, 2.75) is 96.8 Å². The molecule has 0 aromatic heterocycles. The summed E-state index contributed by atoms with van der Waals surface area (Å²) in [6.45, 7) is 2.25. The van der Waals surface area contributed by atoms with Crippen LogP contribution in [0, 0.1) is 22.0 Å². The van der Waals surface area contributed by atoms with E-state index in [1.54, 1.807) is 24.3 Å². The van der Waals surface area contributed by atoms with Crippen molar-refractivity contribution in [1.82, 2.24) is 0 Å². The van der Waals surface area contributed by atoms with Gasteiger partial charge in [-0.15, -0.1) is 0 Å². The normalized spacial score (nSPS) is 10.4. The zero-order valence-electron chi connectivity index (χ0n) is 22.1. The van der Waals surface area contributed by atoms with Gasteiger partial charge in [-0.25, -0.2) is 0 Å². The van der Waals surface area contributed by atoms with Crippen molar-refractivity contribution in [1.29, 1.82) is 0 Å². The highest BCUT2D eigenvalue weighted by molar-refractivity contribution is 6.09. The molecule has 0 saturated heterocycles. The van der Waals surface area contributed by atoms with Crippen LogP contribution in [0.2, 0.25) is 0 Å². The minimum absolute atomic E-state index is 0.0184. The van der Waals surface area contributed by atoms with E-state index in [0.717, 1.165) is 12.8 Å². The van der Waals surface area contributed by atoms with Crippen LogP contribution >= 0.6 is 0 Å². The van der Waals surface area contributed by atoms with Crippen LogP contribution in [0.4, 0.5) is 11.4 Å². The number of non-ortho nitro benzene ring substituents is 1. The quantitative estimate of drug-likeness (QED) is 0.0772. The van der Waals surface area contributed by atoms with Gasteiger partial charge in [0.25, 0.3) is 5.69 Å². The van der Waals surface area contributed by atoms with Crippen LogP contribution in [0.25, 0.3) is 0 Å². The monoisotopic (exact) mass is 504 g/mol. The Kier molecular flexibility index (Phi) is 14.4. The van der Waals surface area contributed by atoms with E-state index < -0.39 is 10.7 Å². The van der Waals surface area contributed by atoms with Crippen LogP contribution in [-0.2, 0) is 4.79 Å². The lowest BCUT2D eigenvalue weighted by Gasteiger charge is -2.06. The molecule has 0 heterocycles. The summed E-state index contributed by atoms with van der Waals surface area (Å²) >= 11 is 0. The number of unbranched alkanes of at least 4 members (excludes halogenated alkanes) is 12. The third kappa shape index (κ3) is 12.9. The molecule has 6 nitrogen and oxygen atoms in total. The predicted octanol–water partition coefficient (Wildman–Crippen LogP) is 8.25. The molecule has 0 aliphatic heterocycles. The summed E-state index contributed by atoms with van der Waals surface area (Å²) in [5.41, 5.74) is 1.47. The van der Waals surface area contributed by atoms with Crippen LogP contribution in [0.3, 0.4) is 0 Å². The van der Waals surface area contributed by atoms with Gasteiger partial charge in [0, 0.05) is 35.4 Å². The number of carbonyl (C=O) groups is 2. The molecule has 0 bridgehead atoms. The maximum Gasteiger partial charge on any atom is 0.269 e. The minimum Gasteiger partial charge on any atom is -0.326 e. The Hall–Kier alpha value is -3.46. The third-order valence-corrected chi connectivity index (χ3v) is 6.31. The lowest BCUT2D eigenvalue weighted by molar-refractivity contribution is -0.384. The molecule has 1 amide bonds. The number of amides is 1. The van der Waals surface area contributed by atoms with Crippen molar-refractivity contribution in [3.63, 3.8) is 0 Å². The Morgan fingerprint density at radius 1 is 0.811 bits per heavy atom. The molecule has 198 valence electrons. The molecule has 2 aromatic rings. The van der Waals surface area contributed by atoms with Crippen molar-refractivity contribution in [2.75, 3.05) is 5.32 Å². The second-order valence-corrected chi connectivity index (χ2v) is 9.50. The predicted molar refractivity (Wildman–Crippen MR) is 150 cm³/mol. The lowest BCUT2D eigenvalue weighted by Crippen LogP contribution is -2.11. The van der Waals surface area contributed by atoms with Gasteiger partial charge in [0.2, 0.25) is 11.7 Å². The number of anilines is 1. The van der Waals surface area contributed by atoms with E-state index in [-0.39, 0.29) is 11.6 Å². The van der Waals surface area contributed by atoms with Crippen molar-refractivity contribution in [3.8, 4) is 11.8 Å². The first-order valence-corrected chi connectivity index (χ1v) is 13.7. The fourth-order valence-corrected chi connectivity index (χ4v) is 4.14. The van der Waals surface area contributed by atoms with Gasteiger partial charge in [-0.1, -0.05) is 96.0 Å². The van der Waals surface area contributed by atoms with Crippen LogP contribution < -0.4 is 5.32 Å². The molecule has 6 heteroatoms. The Bertz CT molecular complexity index is 1050. The summed E-state index contributed by atoms with van der Waals surface area (Å²) in [7, 11) is 0. The Balaban J connectivity index is 1.62. The molecule has 0 radical (unpaired) electrons. The van der Waals surface area contributed by atoms with Gasteiger partial charge in [0.1, 0.15) is 0 Å². The van der Waals surface area contributed by atoms with Gasteiger partial charge in [0.05, 0.1) is 4.92 Å². The zero-order chi connectivity index (χ0) is 26.7. The van der Waals surface area contributed by atoms with Crippen LogP contribution in [0.1, 0.15) is 113 Å². The number of carbonyl (C=O) groups excluding carboxylic acids is 2. The summed E-state index contributed by atoms with van der Waals surface area (Å²) in [5, 5.41) is 13.6. The number of nitrogens with one attached hydrogen (secondary N) is 1. The van der Waals surface area contributed by atoms with Gasteiger partial charge in [-0.2, -0.15) is 0 Å². The van der Waals surface area contributed by atoms with E-state index in [9.17, 15) is 19.7 Å². The van der Waals surface area contributed by atoms with Gasteiger partial charge in [-0.3, -0.25) is 19.7 Å². The summed E-state index contributed by atoms with van der Waals surface area (Å²) in [6.07, 6.45) is 17.0. The first-order chi connectivity index (χ1) is 18.0. The first kappa shape index (κ1) is 29.8. The van der Waals surface area contributed by atoms with E-state index in [0.29, 0.717) is 23.2 Å². The second-order valence-electron chi connectivity index (χ2n) is 9.50. The fourth-order valence-electron chi connectivity index (χ4n) is 4.14. The standard InChI is InChI=1S/C31H40N2O4/c1-2-3-4-5-6-7-8-9-10-11-12-13-14-18-31(35)32-28-17-15-16-26(25-28)19-24-30(34)27-20-22-29(23-21-27)33(36)37/h15-17,20-23,25H,2-14,18H2,1H3,(H,32,35). The summed E-state index contributed by atoms with van der Waals surface area (Å²) in [4.78, 5) is 34.8. The smallest absolute Gasteiger partial charge is 0.269 e. The van der Waals surface area contributed by atoms with E-state index in [1.165, 1.54) is 94.9 Å². The molecule has 37 heavy (non-hydrogen) atoms. The molecule has 0 unspecified atom stereocenters. The number of hydrogen-bond donors (Lipinski definition) is 1. The maximum atomic E-state index is 12.3. The molecule has 0 aliphatic rings. The zero-order valence-corrected chi connectivity index (χ0v) is 22.1. The molecule has 0 spiro atoms. The molecule has 0 aliphatic carbocycles. The molecule has 2 rings (SSSR count). The minimum atomic E-state index is -0.515. The number of nitro benzene ring substituents is 1. The molecule has 2 aromatic carbocycles. The van der Waals surface area contributed by atoms with E-state index >= 15 is 0 Å². The van der Waals surface area contributed by atoms with Crippen molar-refractivity contribution in [2.24, 2.45) is 0 Å². The second kappa shape index (κ2) is 17.9. The molecule has 0 atom stereocenters. The number of benzene rings is 2. The SMILES string of the molecule is CCCCCCCCCCCCCCCC(=O)Nc1cccc(C#CC(=O)c2ccc([N+](=O)[O-])cc2)c1. The van der Waals surface area contributed by atoms with Crippen LogP contribution in [0.15, 0.2) is 48.5 Å². The number of hydrogen-bond acceptors (Lipinski definition) is 4. The summed E-state index contributed by atoms with van der Waals surface area (Å²) in [6, 6.07) is 12.4. The van der Waals surface area contributed by atoms with Crippen molar-refractivity contribution < 1.29 is 14.5 Å². The van der Waals surface area contributed by atoms with Crippen LogP contribution in [0.5, 0.6) is 0 Å². The Labute approximate surface area is 221 Å². The maximum absolute atomic E-state index is 12.3. The van der Waals surface area contributed by atoms with Gasteiger partial charge in [-0.05, 0) is 42.7 Å². The molecule has 0 saturated carbocycles. The molecular formula is C31H40N2O4. The van der Waals surface area contributed by atoms with Gasteiger partial charge < -0.3 is 5.32 Å². The number of Topliss-reactive ketones (excluding diaryl/α,β-unsaturated/α-hetero) is 1. The van der Waals surface area contributed by atoms with E-state index in [4.69, 9.17) is 0 Å². The summed E-state index contributed by atoms with van der Waals surface area (Å²) in [5.74, 6) is 4.92. The number of rotatable bonds is 17. The van der Waals surface area contributed by atoms with E-state index in [2.05, 4.69) is 24.1 Å². The van der Waals surface area contributed by atoms with E-state index in [1.807, 2.05) is 0 Å². The molecular weight excluding hydrogens is 464 g/mol. The van der Waals surface area contributed by atoms with Crippen molar-refractivity contribution in [3.05, 3.63) is 69.8 Å². The number of ketones is 1. The van der Waals surface area contributed by atoms with Gasteiger partial charge in [0.15, 0.2) is 0 Å². The lowest BCUT2D eigenvalue weighted by atomic mass is 10.0. The average Bonchev–Trinajstić information content (AvgIpc) is 2.90. The Morgan fingerprint density at radius 3 is 1.95 bits per heavy atom. The highest BCUT2D eigenvalue weighted by Gasteiger charge is 2.08. The third-order valence-electron chi connectivity index (χ3n) is 6.31. The first-order valence-electron chi connectivity index (χ1n) is 13.7. The van der Waals surface area contributed by atoms with Crippen LogP contribution in [-0.4, -0.2) is 16.6 Å². The number of nitrogens with zero attached hydrogens (tertiary/aromatic N) is 1. The van der Waals surface area contributed by atoms with Crippen molar-refractivity contribution >= 4 is 23.1 Å². The highest BCUT2D eigenvalue weighted by atomic mass is 16.6. The number of nitro groups is 1. The molecule has 0 fully saturated rings. The summed E-state index contributed by atoms with van der Waals surface area (Å²) < 4.78 is 0. The highest BCUT2D eigenvalue weighted by Crippen LogP contribution is 2.15.